The predicted octanol–water partition coefficient (Wildman–Crippen LogP) is 7.95. The Morgan fingerprint density at radius 2 is 0.835 bits per heavy atom. The molecule has 14 N–H and O–H groups in total. The van der Waals surface area contributed by atoms with E-state index in [-0.39, 0.29) is 85.5 Å². The third-order valence-electron chi connectivity index (χ3n) is 16.8. The number of aliphatic hydroxyl groups excluding tert-OH is 4. The lowest BCUT2D eigenvalue weighted by molar-refractivity contribution is -0.232. The molecule has 8 aromatic carbocycles. The predicted molar refractivity (Wildman–Crippen MR) is 280 cm³/mol. The highest BCUT2D eigenvalue weighted by molar-refractivity contribution is 5.75. The van der Waals surface area contributed by atoms with E-state index in [1.165, 1.54) is 78.9 Å². The molecule has 0 bridgehead atoms. The second-order valence-electron chi connectivity index (χ2n) is 21.2. The lowest BCUT2D eigenvalue weighted by Gasteiger charge is -2.41. The molecule has 2 aliphatic carbocycles. The van der Waals surface area contributed by atoms with E-state index in [9.17, 15) is 71.5 Å². The number of phenols is 10. The van der Waals surface area contributed by atoms with Gasteiger partial charge in [0.05, 0.1) is 24.0 Å². The van der Waals surface area contributed by atoms with Crippen molar-refractivity contribution >= 4 is 0 Å². The van der Waals surface area contributed by atoms with Gasteiger partial charge in [-0.2, -0.15) is 0 Å². The van der Waals surface area contributed by atoms with E-state index in [2.05, 4.69) is 0 Å². The van der Waals surface area contributed by atoms with Crippen molar-refractivity contribution in [2.75, 3.05) is 6.61 Å². The first kappa shape index (κ1) is 49.7. The summed E-state index contributed by atoms with van der Waals surface area (Å²) < 4.78 is 20.2. The van der Waals surface area contributed by atoms with Gasteiger partial charge in [-0.3, -0.25) is 0 Å². The Morgan fingerprint density at radius 1 is 0.329 bits per heavy atom. The minimum absolute atomic E-state index is 0.00870. The monoisotopic (exact) mass is 1070 g/mol. The molecule has 3 aliphatic heterocycles. The van der Waals surface area contributed by atoms with Crippen molar-refractivity contribution < 1.29 is 85.7 Å². The van der Waals surface area contributed by atoms with E-state index < -0.39 is 90.6 Å². The van der Waals surface area contributed by atoms with Gasteiger partial charge in [-0.05, 0) is 117 Å². The Balaban J connectivity index is 1.17. The molecule has 1 saturated heterocycles. The lowest BCUT2D eigenvalue weighted by atomic mass is 9.67. The largest absolute Gasteiger partial charge is 0.508 e. The summed E-state index contributed by atoms with van der Waals surface area (Å²) in [5.41, 5.74) is 5.19. The van der Waals surface area contributed by atoms with Crippen LogP contribution in [0.3, 0.4) is 0 Å². The third kappa shape index (κ3) is 7.71. The van der Waals surface area contributed by atoms with Crippen molar-refractivity contribution in [2.24, 2.45) is 0 Å². The van der Waals surface area contributed by atoms with Gasteiger partial charge in [-0.25, -0.2) is 0 Å². The van der Waals surface area contributed by atoms with E-state index in [4.69, 9.17) is 14.2 Å². The van der Waals surface area contributed by atoms with Gasteiger partial charge in [0.2, 0.25) is 0 Å². The zero-order valence-corrected chi connectivity index (χ0v) is 41.5. The highest BCUT2D eigenvalue weighted by atomic mass is 16.5. The summed E-state index contributed by atoms with van der Waals surface area (Å²) in [6.07, 6.45) is -10.8. The zero-order chi connectivity index (χ0) is 55.0. The summed E-state index contributed by atoms with van der Waals surface area (Å²) in [6, 6.07) is 35.2. The molecule has 0 amide bonds. The first-order chi connectivity index (χ1) is 38.0. The minimum atomic E-state index is -1.93. The van der Waals surface area contributed by atoms with Gasteiger partial charge in [-0.15, -0.1) is 0 Å². The van der Waals surface area contributed by atoms with Gasteiger partial charge >= 0.3 is 0 Å². The number of ether oxygens (including phenoxy) is 3. The highest BCUT2D eigenvalue weighted by Crippen LogP contribution is 2.72. The zero-order valence-electron chi connectivity index (χ0n) is 41.5. The third-order valence-corrected chi connectivity index (χ3v) is 16.8. The molecular weight excluding hydrogens is 1020 g/mol. The molecule has 0 radical (unpaired) electrons. The molecule has 13 rings (SSSR count). The quantitative estimate of drug-likeness (QED) is 0.0686. The normalized spacial score (nSPS) is 27.1. The van der Waals surface area contributed by atoms with Gasteiger partial charge in [0.15, 0.2) is 0 Å². The minimum Gasteiger partial charge on any atom is -0.508 e. The van der Waals surface area contributed by atoms with Crippen molar-refractivity contribution in [1.82, 2.24) is 0 Å². The molecule has 402 valence electrons. The second-order valence-corrected chi connectivity index (χ2v) is 21.2. The molecule has 0 aromatic heterocycles. The summed E-state index contributed by atoms with van der Waals surface area (Å²) in [6.45, 7) is -0.804. The molecule has 3 heterocycles. The molecule has 1 fully saturated rings. The van der Waals surface area contributed by atoms with Crippen molar-refractivity contribution in [1.29, 1.82) is 0 Å². The molecule has 5 aliphatic rings. The molecule has 0 saturated carbocycles. The van der Waals surface area contributed by atoms with Gasteiger partial charge in [0, 0.05) is 64.1 Å². The van der Waals surface area contributed by atoms with Crippen LogP contribution in [0.4, 0.5) is 0 Å². The topological polar surface area (TPSA) is 311 Å². The molecule has 79 heavy (non-hydrogen) atoms. The number of aliphatic hydroxyl groups is 4. The van der Waals surface area contributed by atoms with Crippen LogP contribution in [0.1, 0.15) is 126 Å². The Bertz CT molecular complexity index is 3690. The summed E-state index contributed by atoms with van der Waals surface area (Å²) in [5, 5.41) is 160. The van der Waals surface area contributed by atoms with Gasteiger partial charge < -0.3 is 85.7 Å². The highest BCUT2D eigenvalue weighted by Gasteiger charge is 2.58. The van der Waals surface area contributed by atoms with Crippen LogP contribution >= 0.6 is 0 Å². The molecule has 17 nitrogen and oxygen atoms in total. The first-order valence-corrected chi connectivity index (χ1v) is 25.7. The van der Waals surface area contributed by atoms with Gasteiger partial charge in [0.1, 0.15) is 112 Å². The molecule has 8 aromatic rings. The molecule has 0 spiro atoms. The maximum Gasteiger partial charge on any atom is 0.135 e. The smallest absolute Gasteiger partial charge is 0.135 e. The molecule has 13 atom stereocenters. The summed E-state index contributed by atoms with van der Waals surface area (Å²) in [4.78, 5) is 0. The van der Waals surface area contributed by atoms with Crippen molar-refractivity contribution in [3.63, 3.8) is 0 Å². The standard InChI is InChI=1S/C62H52O17/c63-24-43-56(74)57(75)58(76)62(78-43)52-40(72)22-38(49-46(29-17-34(68)19-35(69)18-29)59(79-61(49)52)27-5-13-32(66)14-6-27)48-45(26-3-11-31(65)12-4-26)54-44(25-1-9-30(64)10-2-25)47-37(20-36(70)21-39(47)71)50-53-42(23-41(73)51(48)55(53)54)77-60(50)28-7-15-33(67)16-8-28/h1-23,43-46,48,50,54,56-60,62-76H,24H2/t43-,44+,45+,46+,48+,50+,54-,56-,57+,58-,59-,60-,62+/m0/s1. The number of hydrogen-bond acceptors (Lipinski definition) is 17. The van der Waals surface area contributed by atoms with Crippen LogP contribution in [0.2, 0.25) is 0 Å². The van der Waals surface area contributed by atoms with Crippen molar-refractivity contribution in [3.8, 4) is 69.0 Å². The number of fused-ring (bicyclic) bond motifs is 3. The first-order valence-electron chi connectivity index (χ1n) is 25.7. The van der Waals surface area contributed by atoms with Crippen LogP contribution in [-0.2, 0) is 4.74 Å². The van der Waals surface area contributed by atoms with Gasteiger partial charge in [-0.1, -0.05) is 48.5 Å². The van der Waals surface area contributed by atoms with Crippen molar-refractivity contribution in [2.45, 2.75) is 78.2 Å². The maximum atomic E-state index is 13.1. The summed E-state index contributed by atoms with van der Waals surface area (Å²) in [7, 11) is 0. The fourth-order valence-corrected chi connectivity index (χ4v) is 13.7. The molecular formula is C62H52O17. The van der Waals surface area contributed by atoms with Crippen LogP contribution in [-0.4, -0.2) is 103 Å². The fraction of sp³-hybridized carbons (Fsp3) is 0.226. The number of phenolic OH excluding ortho intramolecular Hbond substituents is 10. The van der Waals surface area contributed by atoms with Crippen LogP contribution in [0.15, 0.2) is 140 Å². The van der Waals surface area contributed by atoms with Crippen LogP contribution in [0, 0.1) is 0 Å². The van der Waals surface area contributed by atoms with E-state index in [1.54, 1.807) is 54.6 Å². The van der Waals surface area contributed by atoms with E-state index in [1.807, 2.05) is 0 Å². The Labute approximate surface area is 449 Å². The van der Waals surface area contributed by atoms with Crippen LogP contribution < -0.4 is 9.47 Å². The Morgan fingerprint density at radius 3 is 1.42 bits per heavy atom. The Hall–Kier alpha value is -8.84. The lowest BCUT2D eigenvalue weighted by Crippen LogP contribution is -2.55. The SMILES string of the molecule is OC[C@@H]1O[C@H](c2c(O)cc([C@H]3c4c(O)cc5c6c4[C@@H]([C@H](c4ccc(O)cc4)c4c(O)cc(O)cc4[C@H]6[C@H](c4ccc(O)cc4)O5)[C@@H]3c3ccc(O)cc3)c3c2O[C@@H](c2ccc(O)cc2)[C@@H]3c2cc(O)cc(O)c2)[C@@H](O)[C@H](O)[C@H]1O. The van der Waals surface area contributed by atoms with E-state index in [0.29, 0.717) is 50.1 Å². The van der Waals surface area contributed by atoms with Gasteiger partial charge in [0.25, 0.3) is 0 Å². The number of aromatic hydroxyl groups is 10. The van der Waals surface area contributed by atoms with E-state index in [0.717, 1.165) is 6.07 Å². The van der Waals surface area contributed by atoms with Crippen molar-refractivity contribution in [3.05, 3.63) is 212 Å². The Kier molecular flexibility index (Phi) is 11.6. The fourth-order valence-electron chi connectivity index (χ4n) is 13.7. The van der Waals surface area contributed by atoms with Crippen LogP contribution in [0.25, 0.3) is 0 Å². The van der Waals surface area contributed by atoms with E-state index >= 15 is 0 Å². The number of benzene rings is 8. The average molecular weight is 1070 g/mol. The second kappa shape index (κ2) is 18.4. The summed E-state index contributed by atoms with van der Waals surface area (Å²) in [5.74, 6) is -7.72. The summed E-state index contributed by atoms with van der Waals surface area (Å²) >= 11 is 0. The maximum absolute atomic E-state index is 13.1. The average Bonchev–Trinajstić information content (AvgIpc) is 4.25. The van der Waals surface area contributed by atoms with Crippen LogP contribution in [0.5, 0.6) is 69.0 Å². The number of rotatable bonds is 8. The molecule has 0 unspecified atom stereocenters. The number of hydrogen-bond donors (Lipinski definition) is 14. The molecule has 17 heteroatoms.